The zero-order valence-electron chi connectivity index (χ0n) is 9.25. The van der Waals surface area contributed by atoms with Gasteiger partial charge < -0.3 is 10.4 Å². The van der Waals surface area contributed by atoms with Crippen LogP contribution in [0.4, 0.5) is 11.5 Å². The normalized spacial score (nSPS) is 11.6. The number of hydrogen-bond donors (Lipinski definition) is 2. The molecule has 1 heterocycles. The Morgan fingerprint density at radius 3 is 3.00 bits per heavy atom. The highest BCUT2D eigenvalue weighted by molar-refractivity contribution is 5.64. The number of nitriles is 1. The van der Waals surface area contributed by atoms with Crippen molar-refractivity contribution in [2.45, 2.75) is 19.4 Å². The Morgan fingerprint density at radius 1 is 1.76 bits per heavy atom. The Balaban J connectivity index is 3.07. The molecule has 0 saturated carbocycles. The zero-order valence-corrected chi connectivity index (χ0v) is 9.25. The Morgan fingerprint density at radius 2 is 2.47 bits per heavy atom. The molecule has 0 radical (unpaired) electrons. The number of nitrogens with one attached hydrogen (secondary N) is 1. The minimum atomic E-state index is -0.639. The summed E-state index contributed by atoms with van der Waals surface area (Å²) in [4.78, 5) is 14.1. The van der Waals surface area contributed by atoms with E-state index in [0.717, 1.165) is 0 Å². The van der Waals surface area contributed by atoms with Crippen molar-refractivity contribution in [2.75, 3.05) is 11.9 Å². The van der Waals surface area contributed by atoms with Crippen LogP contribution in [0, 0.1) is 21.4 Å². The van der Waals surface area contributed by atoms with E-state index in [2.05, 4.69) is 10.3 Å². The first-order valence-electron chi connectivity index (χ1n) is 5.01. The van der Waals surface area contributed by atoms with Gasteiger partial charge in [0.15, 0.2) is 0 Å². The van der Waals surface area contributed by atoms with E-state index in [1.54, 1.807) is 13.0 Å². The van der Waals surface area contributed by atoms with Crippen LogP contribution in [-0.2, 0) is 0 Å². The fourth-order valence-corrected chi connectivity index (χ4v) is 1.33. The second-order valence-electron chi connectivity index (χ2n) is 3.48. The summed E-state index contributed by atoms with van der Waals surface area (Å²) in [6.07, 6.45) is 1.77. The van der Waals surface area contributed by atoms with Gasteiger partial charge >= 0.3 is 5.69 Å². The molecule has 1 unspecified atom stereocenters. The van der Waals surface area contributed by atoms with Crippen molar-refractivity contribution in [2.24, 2.45) is 0 Å². The van der Waals surface area contributed by atoms with E-state index in [1.807, 2.05) is 0 Å². The van der Waals surface area contributed by atoms with E-state index in [9.17, 15) is 10.1 Å². The van der Waals surface area contributed by atoms with Gasteiger partial charge in [0.2, 0.25) is 5.82 Å². The van der Waals surface area contributed by atoms with Gasteiger partial charge in [-0.2, -0.15) is 5.26 Å². The molecule has 1 rings (SSSR count). The summed E-state index contributed by atoms with van der Waals surface area (Å²) in [5.74, 6) is 0.0509. The monoisotopic (exact) mass is 236 g/mol. The summed E-state index contributed by atoms with van der Waals surface area (Å²) >= 11 is 0. The maximum atomic E-state index is 10.9. The highest BCUT2D eigenvalue weighted by atomic mass is 16.6. The minimum absolute atomic E-state index is 0.0279. The van der Waals surface area contributed by atoms with Gasteiger partial charge in [-0.15, -0.1) is 0 Å². The van der Waals surface area contributed by atoms with E-state index in [-0.39, 0.29) is 29.7 Å². The molecule has 0 aliphatic carbocycles. The first-order chi connectivity index (χ1) is 8.10. The second-order valence-corrected chi connectivity index (χ2v) is 3.48. The maximum absolute atomic E-state index is 10.9. The number of pyridine rings is 1. The van der Waals surface area contributed by atoms with Crippen LogP contribution in [0.15, 0.2) is 12.3 Å². The Labute approximate surface area is 97.9 Å². The predicted octanol–water partition coefficient (Wildman–Crippen LogP) is 1.04. The summed E-state index contributed by atoms with van der Waals surface area (Å²) in [7, 11) is 0. The van der Waals surface area contributed by atoms with Gasteiger partial charge in [-0.3, -0.25) is 10.1 Å². The number of anilines is 1. The summed E-state index contributed by atoms with van der Waals surface area (Å²) in [6, 6.07) is 2.88. The van der Waals surface area contributed by atoms with Crippen LogP contribution < -0.4 is 5.32 Å². The summed E-state index contributed by atoms with van der Waals surface area (Å²) in [6.45, 7) is 1.74. The number of rotatable bonds is 5. The molecule has 1 aromatic heterocycles. The third kappa shape index (κ3) is 3.12. The van der Waals surface area contributed by atoms with Gasteiger partial charge in [0.25, 0.3) is 0 Å². The molecule has 0 saturated heterocycles. The second kappa shape index (κ2) is 5.77. The van der Waals surface area contributed by atoms with Gasteiger partial charge in [0.1, 0.15) is 11.6 Å². The molecular weight excluding hydrogens is 224 g/mol. The Bertz CT molecular complexity index is 455. The lowest BCUT2D eigenvalue weighted by Crippen LogP contribution is -2.18. The number of nitro groups is 1. The van der Waals surface area contributed by atoms with Gasteiger partial charge in [0, 0.05) is 18.8 Å². The van der Waals surface area contributed by atoms with Crippen molar-refractivity contribution < 1.29 is 10.0 Å². The zero-order chi connectivity index (χ0) is 12.8. The quantitative estimate of drug-likeness (QED) is 0.583. The van der Waals surface area contributed by atoms with E-state index in [4.69, 9.17) is 10.4 Å². The first-order valence-corrected chi connectivity index (χ1v) is 5.01. The number of hydrogen-bond acceptors (Lipinski definition) is 6. The van der Waals surface area contributed by atoms with Crippen molar-refractivity contribution in [3.05, 3.63) is 27.9 Å². The average Bonchev–Trinajstić information content (AvgIpc) is 2.28. The van der Waals surface area contributed by atoms with Crippen LogP contribution in [0.25, 0.3) is 0 Å². The van der Waals surface area contributed by atoms with Crippen molar-refractivity contribution in [1.29, 1.82) is 5.26 Å². The molecule has 0 fully saturated rings. The average molecular weight is 236 g/mol. The molecule has 17 heavy (non-hydrogen) atoms. The van der Waals surface area contributed by atoms with Gasteiger partial charge in [0.05, 0.1) is 4.92 Å². The summed E-state index contributed by atoms with van der Waals surface area (Å²) in [5, 5.41) is 31.2. The van der Waals surface area contributed by atoms with Crippen LogP contribution in [0.5, 0.6) is 0 Å². The standard InChI is InChI=1S/C10H12N4O3/c1-7(3-5-15)13-10-9(14(16)17)8(6-11)2-4-12-10/h2,4,7,15H,3,5H2,1H3,(H,12,13). The molecule has 2 N–H and O–H groups in total. The molecule has 0 spiro atoms. The number of nitrogens with zero attached hydrogens (tertiary/aromatic N) is 3. The molecule has 90 valence electrons. The molecule has 0 aromatic carbocycles. The van der Waals surface area contributed by atoms with Gasteiger partial charge in [-0.1, -0.05) is 0 Å². The van der Waals surface area contributed by atoms with Gasteiger partial charge in [-0.25, -0.2) is 4.98 Å². The summed E-state index contributed by atoms with van der Waals surface area (Å²) < 4.78 is 0. The van der Waals surface area contributed by atoms with Crippen molar-refractivity contribution in [3.63, 3.8) is 0 Å². The Hall–Kier alpha value is -2.20. The smallest absolute Gasteiger partial charge is 0.328 e. The van der Waals surface area contributed by atoms with Crippen LogP contribution in [0.2, 0.25) is 0 Å². The lowest BCUT2D eigenvalue weighted by Gasteiger charge is -2.13. The lowest BCUT2D eigenvalue weighted by molar-refractivity contribution is -0.384. The third-order valence-corrected chi connectivity index (χ3v) is 2.17. The van der Waals surface area contributed by atoms with Crippen LogP contribution in [0.1, 0.15) is 18.9 Å². The molecule has 1 atom stereocenters. The van der Waals surface area contributed by atoms with Crippen molar-refractivity contribution >= 4 is 11.5 Å². The van der Waals surface area contributed by atoms with E-state index in [0.29, 0.717) is 6.42 Å². The predicted molar refractivity (Wildman–Crippen MR) is 60.4 cm³/mol. The van der Waals surface area contributed by atoms with Crippen LogP contribution in [-0.4, -0.2) is 27.7 Å². The number of aromatic nitrogens is 1. The lowest BCUT2D eigenvalue weighted by atomic mass is 10.2. The number of aliphatic hydroxyl groups is 1. The maximum Gasteiger partial charge on any atom is 0.328 e. The fraction of sp³-hybridized carbons (Fsp3) is 0.400. The number of aliphatic hydroxyl groups excluding tert-OH is 1. The first kappa shape index (κ1) is 12.9. The third-order valence-electron chi connectivity index (χ3n) is 2.17. The van der Waals surface area contributed by atoms with Crippen molar-refractivity contribution in [1.82, 2.24) is 4.98 Å². The van der Waals surface area contributed by atoms with E-state index < -0.39 is 4.92 Å². The molecule has 0 aliphatic heterocycles. The molecular formula is C10H12N4O3. The van der Waals surface area contributed by atoms with E-state index >= 15 is 0 Å². The molecule has 7 heteroatoms. The highest BCUT2D eigenvalue weighted by Gasteiger charge is 2.21. The van der Waals surface area contributed by atoms with E-state index in [1.165, 1.54) is 12.3 Å². The summed E-state index contributed by atoms with van der Waals surface area (Å²) in [5.41, 5.74) is -0.372. The molecule has 7 nitrogen and oxygen atoms in total. The largest absolute Gasteiger partial charge is 0.396 e. The highest BCUT2D eigenvalue weighted by Crippen LogP contribution is 2.26. The molecule has 1 aromatic rings. The molecule has 0 aliphatic rings. The van der Waals surface area contributed by atoms with Crippen LogP contribution >= 0.6 is 0 Å². The minimum Gasteiger partial charge on any atom is -0.396 e. The van der Waals surface area contributed by atoms with Gasteiger partial charge in [-0.05, 0) is 19.4 Å². The Kier molecular flexibility index (Phi) is 4.37. The molecule has 0 amide bonds. The van der Waals surface area contributed by atoms with Crippen molar-refractivity contribution in [3.8, 4) is 6.07 Å². The SMILES string of the molecule is CC(CCO)Nc1nccc(C#N)c1[N+](=O)[O-]. The topological polar surface area (TPSA) is 112 Å². The van der Waals surface area contributed by atoms with Crippen LogP contribution in [0.3, 0.4) is 0 Å². The fourth-order valence-electron chi connectivity index (χ4n) is 1.33. The molecule has 0 bridgehead atoms.